The maximum Gasteiger partial charge on any atom is 0.222 e. The van der Waals surface area contributed by atoms with Gasteiger partial charge in [0.1, 0.15) is 0 Å². The first-order valence-electron chi connectivity index (χ1n) is 7.18. The molecule has 1 saturated heterocycles. The van der Waals surface area contributed by atoms with Crippen LogP contribution in [0.3, 0.4) is 0 Å². The van der Waals surface area contributed by atoms with E-state index in [1.54, 1.807) is 0 Å². The van der Waals surface area contributed by atoms with Crippen molar-refractivity contribution in [1.82, 2.24) is 9.88 Å². The number of thioether (sulfide) groups is 1. The molecule has 2 aromatic rings. The molecule has 3 nitrogen and oxygen atoms in total. The molecule has 2 heterocycles. The van der Waals surface area contributed by atoms with Crippen LogP contribution in [0.1, 0.15) is 18.9 Å². The van der Waals surface area contributed by atoms with Crippen molar-refractivity contribution in [3.05, 3.63) is 36.0 Å². The Morgan fingerprint density at radius 3 is 3.15 bits per heavy atom. The minimum Gasteiger partial charge on any atom is -0.361 e. The van der Waals surface area contributed by atoms with E-state index in [4.69, 9.17) is 0 Å². The van der Waals surface area contributed by atoms with Gasteiger partial charge < -0.3 is 9.88 Å². The Kier molecular flexibility index (Phi) is 4.01. The third-order valence-electron chi connectivity index (χ3n) is 3.88. The summed E-state index contributed by atoms with van der Waals surface area (Å²) < 4.78 is 0. The van der Waals surface area contributed by atoms with Gasteiger partial charge in [-0.3, -0.25) is 4.79 Å². The van der Waals surface area contributed by atoms with Gasteiger partial charge in [-0.25, -0.2) is 0 Å². The topological polar surface area (TPSA) is 36.1 Å². The van der Waals surface area contributed by atoms with Crippen LogP contribution in [0.15, 0.2) is 30.5 Å². The van der Waals surface area contributed by atoms with Gasteiger partial charge in [-0.15, -0.1) is 0 Å². The van der Waals surface area contributed by atoms with Crippen LogP contribution in [-0.2, 0) is 11.2 Å². The molecule has 0 bridgehead atoms. The summed E-state index contributed by atoms with van der Waals surface area (Å²) in [6.45, 7) is 4.00. The largest absolute Gasteiger partial charge is 0.361 e. The average molecular weight is 288 g/mol. The first-order chi connectivity index (χ1) is 9.74. The summed E-state index contributed by atoms with van der Waals surface area (Å²) in [5.74, 6) is 1.36. The maximum atomic E-state index is 12.3. The van der Waals surface area contributed by atoms with Crippen LogP contribution in [0.5, 0.6) is 0 Å². The smallest absolute Gasteiger partial charge is 0.222 e. The summed E-state index contributed by atoms with van der Waals surface area (Å²) in [7, 11) is 0. The zero-order chi connectivity index (χ0) is 13.9. The molecule has 1 aliphatic heterocycles. The fraction of sp³-hybridized carbons (Fsp3) is 0.438. The number of benzene rings is 1. The van der Waals surface area contributed by atoms with E-state index in [2.05, 4.69) is 24.0 Å². The van der Waals surface area contributed by atoms with Crippen LogP contribution in [0.2, 0.25) is 0 Å². The highest BCUT2D eigenvalue weighted by atomic mass is 32.2. The SMILES string of the molecule is CC1CN(C(=O)CCc2c[nH]c3ccccc23)CCS1. The molecule has 1 unspecified atom stereocenters. The van der Waals surface area contributed by atoms with E-state index in [9.17, 15) is 4.79 Å². The summed E-state index contributed by atoms with van der Waals surface area (Å²) in [5, 5.41) is 1.81. The van der Waals surface area contributed by atoms with Crippen molar-refractivity contribution >= 4 is 28.6 Å². The Hall–Kier alpha value is -1.42. The number of fused-ring (bicyclic) bond motifs is 1. The van der Waals surface area contributed by atoms with Crippen molar-refractivity contribution in [1.29, 1.82) is 0 Å². The predicted molar refractivity (Wildman–Crippen MR) is 85.1 cm³/mol. The van der Waals surface area contributed by atoms with Crippen LogP contribution in [0.4, 0.5) is 0 Å². The molecule has 1 aromatic carbocycles. The second-order valence-electron chi connectivity index (χ2n) is 5.38. The number of para-hydroxylation sites is 1. The van der Waals surface area contributed by atoms with Gasteiger partial charge in [0.15, 0.2) is 0 Å². The number of nitrogens with one attached hydrogen (secondary N) is 1. The lowest BCUT2D eigenvalue weighted by molar-refractivity contribution is -0.131. The molecule has 1 aromatic heterocycles. The minimum absolute atomic E-state index is 0.294. The van der Waals surface area contributed by atoms with E-state index >= 15 is 0 Å². The summed E-state index contributed by atoms with van der Waals surface area (Å²) >= 11 is 1.96. The molecule has 0 saturated carbocycles. The third kappa shape index (κ3) is 2.85. The molecule has 0 aliphatic carbocycles. The Labute approximate surface area is 123 Å². The predicted octanol–water partition coefficient (Wildman–Crippen LogP) is 3.06. The molecular weight excluding hydrogens is 268 g/mol. The molecule has 1 N–H and O–H groups in total. The fourth-order valence-corrected chi connectivity index (χ4v) is 3.80. The molecular formula is C16H20N2OS. The van der Waals surface area contributed by atoms with Gasteiger partial charge >= 0.3 is 0 Å². The van der Waals surface area contributed by atoms with E-state index in [1.165, 1.54) is 10.9 Å². The third-order valence-corrected chi connectivity index (χ3v) is 5.01. The molecule has 0 radical (unpaired) electrons. The lowest BCUT2D eigenvalue weighted by Crippen LogP contribution is -2.41. The van der Waals surface area contributed by atoms with Gasteiger partial charge in [0, 0.05) is 47.6 Å². The van der Waals surface area contributed by atoms with Crippen molar-refractivity contribution in [2.24, 2.45) is 0 Å². The van der Waals surface area contributed by atoms with Gasteiger partial charge in [0.25, 0.3) is 0 Å². The van der Waals surface area contributed by atoms with E-state index < -0.39 is 0 Å². The van der Waals surface area contributed by atoms with Crippen molar-refractivity contribution in [3.63, 3.8) is 0 Å². The average Bonchev–Trinajstić information content (AvgIpc) is 2.88. The number of rotatable bonds is 3. The molecule has 4 heteroatoms. The number of hydrogen-bond donors (Lipinski definition) is 1. The normalized spacial score (nSPS) is 19.4. The fourth-order valence-electron chi connectivity index (χ4n) is 2.78. The standard InChI is InChI=1S/C16H20N2OS/c1-12-11-18(8-9-20-12)16(19)7-6-13-10-17-15-5-3-2-4-14(13)15/h2-5,10,12,17H,6-9,11H2,1H3. The number of carbonyl (C=O) groups is 1. The molecule has 106 valence electrons. The maximum absolute atomic E-state index is 12.3. The lowest BCUT2D eigenvalue weighted by Gasteiger charge is -2.30. The van der Waals surface area contributed by atoms with Crippen LogP contribution in [0.25, 0.3) is 10.9 Å². The van der Waals surface area contributed by atoms with Crippen LogP contribution >= 0.6 is 11.8 Å². The van der Waals surface area contributed by atoms with Crippen molar-refractivity contribution in [2.75, 3.05) is 18.8 Å². The number of aromatic nitrogens is 1. The minimum atomic E-state index is 0.294. The molecule has 1 fully saturated rings. The second-order valence-corrected chi connectivity index (χ2v) is 6.93. The van der Waals surface area contributed by atoms with Crippen LogP contribution < -0.4 is 0 Å². The molecule has 20 heavy (non-hydrogen) atoms. The van der Waals surface area contributed by atoms with Crippen molar-refractivity contribution in [3.8, 4) is 0 Å². The number of carbonyl (C=O) groups excluding carboxylic acids is 1. The van der Waals surface area contributed by atoms with E-state index in [0.29, 0.717) is 17.6 Å². The van der Waals surface area contributed by atoms with Crippen molar-refractivity contribution < 1.29 is 4.79 Å². The Bertz CT molecular complexity index is 607. The highest BCUT2D eigenvalue weighted by molar-refractivity contribution is 7.99. The first kappa shape index (κ1) is 13.6. The molecule has 0 spiro atoms. The van der Waals surface area contributed by atoms with Gasteiger partial charge in [0.05, 0.1) is 0 Å². The van der Waals surface area contributed by atoms with Gasteiger partial charge in [0.2, 0.25) is 5.91 Å². The highest BCUT2D eigenvalue weighted by Crippen LogP contribution is 2.21. The zero-order valence-corrected chi connectivity index (χ0v) is 12.6. The molecule has 1 atom stereocenters. The van der Waals surface area contributed by atoms with E-state index in [-0.39, 0.29) is 0 Å². The second kappa shape index (κ2) is 5.92. The summed E-state index contributed by atoms with van der Waals surface area (Å²) in [6, 6.07) is 8.26. The molecule has 3 rings (SSSR count). The van der Waals surface area contributed by atoms with Crippen LogP contribution in [0, 0.1) is 0 Å². The highest BCUT2D eigenvalue weighted by Gasteiger charge is 2.21. The Balaban J connectivity index is 1.63. The Morgan fingerprint density at radius 1 is 1.45 bits per heavy atom. The van der Waals surface area contributed by atoms with Crippen LogP contribution in [-0.4, -0.2) is 39.9 Å². The lowest BCUT2D eigenvalue weighted by atomic mass is 10.1. The Morgan fingerprint density at radius 2 is 2.30 bits per heavy atom. The first-order valence-corrected chi connectivity index (χ1v) is 8.23. The number of nitrogens with zero attached hydrogens (tertiary/aromatic N) is 1. The molecule has 1 amide bonds. The summed E-state index contributed by atoms with van der Waals surface area (Å²) in [6.07, 6.45) is 3.47. The number of amides is 1. The number of hydrogen-bond acceptors (Lipinski definition) is 2. The summed E-state index contributed by atoms with van der Waals surface area (Å²) in [5.41, 5.74) is 2.39. The van der Waals surface area contributed by atoms with E-state index in [0.717, 1.165) is 30.8 Å². The number of H-pyrrole nitrogens is 1. The van der Waals surface area contributed by atoms with Gasteiger partial charge in [-0.05, 0) is 18.1 Å². The number of aromatic amines is 1. The monoisotopic (exact) mass is 288 g/mol. The van der Waals surface area contributed by atoms with Crippen molar-refractivity contribution in [2.45, 2.75) is 25.0 Å². The van der Waals surface area contributed by atoms with Gasteiger partial charge in [-0.1, -0.05) is 25.1 Å². The zero-order valence-electron chi connectivity index (χ0n) is 11.8. The summed E-state index contributed by atoms with van der Waals surface area (Å²) in [4.78, 5) is 17.6. The van der Waals surface area contributed by atoms with E-state index in [1.807, 2.05) is 35.0 Å². The number of aryl methyl sites for hydroxylation is 1. The van der Waals surface area contributed by atoms with Gasteiger partial charge in [-0.2, -0.15) is 11.8 Å². The quantitative estimate of drug-likeness (QED) is 0.942. The molecule has 1 aliphatic rings.